The van der Waals surface area contributed by atoms with Gasteiger partial charge < -0.3 is 20.5 Å². The van der Waals surface area contributed by atoms with Crippen molar-refractivity contribution >= 4 is 11.9 Å². The maximum absolute atomic E-state index is 12.5. The van der Waals surface area contributed by atoms with Crippen LogP contribution >= 0.6 is 0 Å². The van der Waals surface area contributed by atoms with E-state index in [0.717, 1.165) is 87.7 Å². The quantitative estimate of drug-likeness (QED) is 0.106. The summed E-state index contributed by atoms with van der Waals surface area (Å²) in [6.07, 6.45) is 19.3. The fourth-order valence-corrected chi connectivity index (χ4v) is 9.85. The molecule has 6 heteroatoms. The van der Waals surface area contributed by atoms with Gasteiger partial charge in [0.25, 0.3) is 5.97 Å². The summed E-state index contributed by atoms with van der Waals surface area (Å²) in [7, 11) is 0. The Labute approximate surface area is 264 Å². The highest BCUT2D eigenvalue weighted by molar-refractivity contribution is 5.71. The second-order valence-electron chi connectivity index (χ2n) is 15.4. The van der Waals surface area contributed by atoms with Crippen LogP contribution in [0.15, 0.2) is 11.6 Å². The number of esters is 1. The summed E-state index contributed by atoms with van der Waals surface area (Å²) in [5.74, 6) is 4.32. The average Bonchev–Trinajstić information content (AvgIpc) is 3.29. The van der Waals surface area contributed by atoms with E-state index in [0.29, 0.717) is 17.4 Å². The predicted molar refractivity (Wildman–Crippen MR) is 177 cm³/mol. The second-order valence-corrected chi connectivity index (χ2v) is 15.4. The summed E-state index contributed by atoms with van der Waals surface area (Å²) in [6.45, 7) is 19.1. The molecule has 0 bridgehead atoms. The average molecular weight is 603 g/mol. The number of aliphatic carboxylic acids is 1. The summed E-state index contributed by atoms with van der Waals surface area (Å²) in [5.41, 5.74) is 2.48. The van der Waals surface area contributed by atoms with E-state index in [1.807, 2.05) is 0 Å². The Balaban J connectivity index is 0.00000119. The number of rotatable bonds is 14. The zero-order chi connectivity index (χ0) is 31.6. The lowest BCUT2D eigenvalue weighted by Gasteiger charge is -2.58. The molecule has 0 heterocycles. The summed E-state index contributed by atoms with van der Waals surface area (Å²) in [5, 5.41) is 14.1. The number of carboxylic acid groups (broad SMARTS) is 1. The Bertz CT molecular complexity index is 914. The van der Waals surface area contributed by atoms with Gasteiger partial charge in [-0.3, -0.25) is 9.59 Å². The van der Waals surface area contributed by atoms with Gasteiger partial charge in [0.15, 0.2) is 0 Å². The molecule has 43 heavy (non-hydrogen) atoms. The summed E-state index contributed by atoms with van der Waals surface area (Å²) < 4.78 is 5.98. The summed E-state index contributed by atoms with van der Waals surface area (Å²) >= 11 is 0. The first-order valence-corrected chi connectivity index (χ1v) is 17.9. The Hall–Kier alpha value is -1.40. The number of hydrogen-bond acceptors (Lipinski definition) is 5. The number of unbranched alkanes of at least 4 members (excludes halogenated alkanes) is 1. The van der Waals surface area contributed by atoms with Crippen LogP contribution in [0.1, 0.15) is 132 Å². The number of carbonyl (C=O) groups excluding carboxylic acids is 1. The first kappa shape index (κ1) is 36.1. The molecule has 3 N–H and O–H groups in total. The Kier molecular flexibility index (Phi) is 14.1. The molecule has 0 radical (unpaired) electrons. The van der Waals surface area contributed by atoms with Gasteiger partial charge in [0.1, 0.15) is 6.10 Å². The molecule has 0 aromatic heterocycles. The van der Waals surface area contributed by atoms with Gasteiger partial charge >= 0.3 is 5.97 Å². The topological polar surface area (TPSA) is 87.7 Å². The van der Waals surface area contributed by atoms with E-state index in [2.05, 4.69) is 58.3 Å². The van der Waals surface area contributed by atoms with Crippen molar-refractivity contribution in [3.05, 3.63) is 11.6 Å². The number of carboxylic acids is 1. The fourth-order valence-electron chi connectivity index (χ4n) is 9.85. The smallest absolute Gasteiger partial charge is 0.320 e. The summed E-state index contributed by atoms with van der Waals surface area (Å²) in [4.78, 5) is 21.5. The first-order valence-electron chi connectivity index (χ1n) is 17.9. The maximum atomic E-state index is 12.5. The number of allylic oxidation sites excluding steroid dienone is 1. The predicted octanol–water partition coefficient (Wildman–Crippen LogP) is 8.01. The minimum Gasteiger partial charge on any atom is -0.481 e. The van der Waals surface area contributed by atoms with Crippen LogP contribution < -0.4 is 10.6 Å². The zero-order valence-electron chi connectivity index (χ0n) is 28.8. The van der Waals surface area contributed by atoms with E-state index in [1.54, 1.807) is 5.57 Å². The second kappa shape index (κ2) is 16.8. The van der Waals surface area contributed by atoms with E-state index in [1.165, 1.54) is 57.8 Å². The van der Waals surface area contributed by atoms with Gasteiger partial charge in [0.2, 0.25) is 0 Å². The normalized spacial score (nSPS) is 33.8. The third-order valence-electron chi connectivity index (χ3n) is 12.0. The molecular formula is C37H66N2O4. The van der Waals surface area contributed by atoms with Crippen molar-refractivity contribution in [2.75, 3.05) is 26.2 Å². The van der Waals surface area contributed by atoms with Gasteiger partial charge in [0, 0.05) is 13.3 Å². The highest BCUT2D eigenvalue weighted by Crippen LogP contribution is 2.67. The molecule has 248 valence electrons. The third kappa shape index (κ3) is 9.55. The molecule has 0 amide bonds. The molecule has 0 aliphatic heterocycles. The van der Waals surface area contributed by atoms with E-state index in [9.17, 15) is 4.79 Å². The van der Waals surface area contributed by atoms with Crippen LogP contribution in [-0.4, -0.2) is 49.3 Å². The molecule has 6 nitrogen and oxygen atoms in total. The largest absolute Gasteiger partial charge is 0.481 e. The summed E-state index contributed by atoms with van der Waals surface area (Å²) in [6, 6.07) is 0. The van der Waals surface area contributed by atoms with Crippen LogP contribution in [0.4, 0.5) is 0 Å². The van der Waals surface area contributed by atoms with Crippen molar-refractivity contribution in [2.24, 2.45) is 46.3 Å². The highest BCUT2D eigenvalue weighted by Gasteiger charge is 2.59. The van der Waals surface area contributed by atoms with Crippen LogP contribution in [0.3, 0.4) is 0 Å². The molecule has 3 saturated carbocycles. The lowest BCUT2D eigenvalue weighted by atomic mass is 9.47. The fraction of sp³-hybridized carbons (Fsp3) is 0.892. The number of fused-ring (bicyclic) bond motifs is 5. The molecule has 0 spiro atoms. The SMILES string of the molecule is CC(=O)O.CCNCCCCNCC(=O)O[C@H]1CC[C@@]2(C)C(=CC[C@H]3[C@@H]4CC[C@H]([C@H](C)CCCC(C)C)[C@@]4(C)CC[C@@H]32)C1. The number of hydrogen-bond donors (Lipinski definition) is 3. The van der Waals surface area contributed by atoms with Crippen LogP contribution in [0.2, 0.25) is 0 Å². The monoisotopic (exact) mass is 603 g/mol. The number of carbonyl (C=O) groups is 2. The van der Waals surface area contributed by atoms with Crippen molar-refractivity contribution < 1.29 is 19.4 Å². The van der Waals surface area contributed by atoms with Gasteiger partial charge in [0.05, 0.1) is 6.54 Å². The molecule has 0 aromatic carbocycles. The van der Waals surface area contributed by atoms with E-state index >= 15 is 0 Å². The van der Waals surface area contributed by atoms with Crippen LogP contribution in [0.5, 0.6) is 0 Å². The van der Waals surface area contributed by atoms with Gasteiger partial charge in [-0.15, -0.1) is 0 Å². The Morgan fingerprint density at radius 3 is 2.35 bits per heavy atom. The minimum atomic E-state index is -0.833. The first-order chi connectivity index (χ1) is 20.4. The van der Waals surface area contributed by atoms with Crippen LogP contribution in [-0.2, 0) is 14.3 Å². The zero-order valence-corrected chi connectivity index (χ0v) is 28.8. The van der Waals surface area contributed by atoms with E-state index in [-0.39, 0.29) is 12.1 Å². The molecule has 4 rings (SSSR count). The Morgan fingerprint density at radius 1 is 0.977 bits per heavy atom. The van der Waals surface area contributed by atoms with Crippen LogP contribution in [0.25, 0.3) is 0 Å². The Morgan fingerprint density at radius 2 is 1.67 bits per heavy atom. The van der Waals surface area contributed by atoms with Gasteiger partial charge in [-0.2, -0.15) is 0 Å². The lowest BCUT2D eigenvalue weighted by Crippen LogP contribution is -2.51. The van der Waals surface area contributed by atoms with Gasteiger partial charge in [-0.05, 0) is 124 Å². The maximum Gasteiger partial charge on any atom is 0.320 e. The molecule has 0 saturated heterocycles. The molecule has 8 atom stereocenters. The molecule has 3 fully saturated rings. The van der Waals surface area contributed by atoms with Crippen molar-refractivity contribution in [1.29, 1.82) is 0 Å². The van der Waals surface area contributed by atoms with Crippen LogP contribution in [0, 0.1) is 46.3 Å². The van der Waals surface area contributed by atoms with Gasteiger partial charge in [-0.25, -0.2) is 0 Å². The number of ether oxygens (including phenoxy) is 1. The molecule has 4 aliphatic rings. The van der Waals surface area contributed by atoms with Gasteiger partial charge in [-0.1, -0.05) is 72.5 Å². The molecule has 0 aromatic rings. The van der Waals surface area contributed by atoms with Crippen molar-refractivity contribution in [2.45, 2.75) is 138 Å². The van der Waals surface area contributed by atoms with Crippen molar-refractivity contribution in [3.63, 3.8) is 0 Å². The van der Waals surface area contributed by atoms with Crippen molar-refractivity contribution in [3.8, 4) is 0 Å². The lowest BCUT2D eigenvalue weighted by molar-refractivity contribution is -0.150. The molecular weight excluding hydrogens is 536 g/mol. The third-order valence-corrected chi connectivity index (χ3v) is 12.0. The van der Waals surface area contributed by atoms with E-state index < -0.39 is 5.97 Å². The molecule has 0 unspecified atom stereocenters. The molecule has 4 aliphatic carbocycles. The standard InChI is InChI=1S/C35H62N2O2.C2H4O2/c1-7-36-21-8-9-22-37-24-33(38)39-28-17-19-34(5)27(23-28)13-14-29-31-16-15-30(26(4)12-10-11-25(2)3)35(31,6)20-18-32(29)34;1-2(3)4/h13,25-26,28-32,36-37H,7-12,14-24H2,1-6H3;1H3,(H,3,4)/t26-,28+,29+,30-,31+,32+,34+,35-;/m1./s1. The minimum absolute atomic E-state index is 0.0698. The highest BCUT2D eigenvalue weighted by atomic mass is 16.5. The number of nitrogens with one attached hydrogen (secondary N) is 2. The van der Waals surface area contributed by atoms with Crippen molar-refractivity contribution in [1.82, 2.24) is 10.6 Å². The van der Waals surface area contributed by atoms with E-state index in [4.69, 9.17) is 14.6 Å².